The number of carbonyl (C=O) groups excluding carboxylic acids is 2. The molecule has 0 spiro atoms. The molecule has 1 aliphatic rings. The number of hydrogen-bond acceptors (Lipinski definition) is 2. The van der Waals surface area contributed by atoms with Crippen LogP contribution in [0, 0.1) is 5.92 Å². The van der Waals surface area contributed by atoms with E-state index in [1.165, 1.54) is 4.90 Å². The highest BCUT2D eigenvalue weighted by Gasteiger charge is 2.37. The van der Waals surface area contributed by atoms with Gasteiger partial charge in [-0.25, -0.2) is 0 Å². The summed E-state index contributed by atoms with van der Waals surface area (Å²) in [5.74, 6) is -1.23. The molecule has 4 nitrogen and oxygen atoms in total. The molecule has 1 heterocycles. The van der Waals surface area contributed by atoms with E-state index in [1.54, 1.807) is 6.92 Å². The fraction of sp³-hybridized carbons (Fsp3) is 0.818. The second kappa shape index (κ2) is 5.58. The summed E-state index contributed by atoms with van der Waals surface area (Å²) in [4.78, 5) is 24.1. The van der Waals surface area contributed by atoms with E-state index in [2.05, 4.69) is 0 Å². The third kappa shape index (κ3) is 3.89. The first-order chi connectivity index (χ1) is 8.24. The van der Waals surface area contributed by atoms with Gasteiger partial charge in [0.1, 0.15) is 6.04 Å². The van der Waals surface area contributed by atoms with Crippen molar-refractivity contribution in [2.45, 2.75) is 44.8 Å². The predicted molar refractivity (Wildman–Crippen MR) is 58.4 cm³/mol. The first kappa shape index (κ1) is 14.8. The van der Waals surface area contributed by atoms with Crippen LogP contribution in [0.2, 0.25) is 0 Å². The van der Waals surface area contributed by atoms with E-state index < -0.39 is 24.5 Å². The standard InChI is InChI=1S/C11H17F3N2O2/c1-2-8(10(15)18)16-6-7(5-9(16)17)3-4-11(12,13)14/h7-8H,2-6H2,1H3,(H2,15,18)/t7?,8-/m0/s1. The van der Waals surface area contributed by atoms with Crippen LogP contribution in [0.4, 0.5) is 13.2 Å². The van der Waals surface area contributed by atoms with E-state index in [1.807, 2.05) is 0 Å². The van der Waals surface area contributed by atoms with Gasteiger partial charge in [0, 0.05) is 19.4 Å². The summed E-state index contributed by atoms with van der Waals surface area (Å²) in [6.07, 6.45) is -4.73. The Kier molecular flexibility index (Phi) is 4.59. The molecule has 0 saturated carbocycles. The van der Waals surface area contributed by atoms with Crippen LogP contribution in [0.15, 0.2) is 0 Å². The van der Waals surface area contributed by atoms with Crippen LogP contribution < -0.4 is 5.73 Å². The van der Waals surface area contributed by atoms with Crippen molar-refractivity contribution in [3.63, 3.8) is 0 Å². The smallest absolute Gasteiger partial charge is 0.368 e. The molecule has 1 fully saturated rings. The summed E-state index contributed by atoms with van der Waals surface area (Å²) in [5, 5.41) is 0. The van der Waals surface area contributed by atoms with Gasteiger partial charge in [-0.1, -0.05) is 6.92 Å². The van der Waals surface area contributed by atoms with Gasteiger partial charge < -0.3 is 10.6 Å². The van der Waals surface area contributed by atoms with E-state index in [-0.39, 0.29) is 31.2 Å². The second-order valence-corrected chi connectivity index (χ2v) is 4.60. The summed E-state index contributed by atoms with van der Waals surface area (Å²) >= 11 is 0. The van der Waals surface area contributed by atoms with E-state index >= 15 is 0 Å². The van der Waals surface area contributed by atoms with E-state index in [0.29, 0.717) is 6.42 Å². The molecule has 0 aromatic carbocycles. The summed E-state index contributed by atoms with van der Waals surface area (Å²) in [6, 6.07) is -0.701. The Morgan fingerprint density at radius 2 is 2.17 bits per heavy atom. The number of rotatable bonds is 5. The van der Waals surface area contributed by atoms with Gasteiger partial charge in [-0.15, -0.1) is 0 Å². The number of hydrogen-bond donors (Lipinski definition) is 1. The van der Waals surface area contributed by atoms with Crippen LogP contribution >= 0.6 is 0 Å². The molecule has 0 bridgehead atoms. The zero-order valence-electron chi connectivity index (χ0n) is 10.2. The second-order valence-electron chi connectivity index (χ2n) is 4.60. The fourth-order valence-electron chi connectivity index (χ4n) is 2.25. The van der Waals surface area contributed by atoms with Gasteiger partial charge in [-0.05, 0) is 18.8 Å². The van der Waals surface area contributed by atoms with Crippen LogP contribution in [0.25, 0.3) is 0 Å². The quantitative estimate of drug-likeness (QED) is 0.818. The molecular formula is C11H17F3N2O2. The Hall–Kier alpha value is -1.27. The van der Waals surface area contributed by atoms with Crippen molar-refractivity contribution in [2.24, 2.45) is 11.7 Å². The molecule has 0 aliphatic carbocycles. The van der Waals surface area contributed by atoms with Crippen LogP contribution in [0.3, 0.4) is 0 Å². The van der Waals surface area contributed by atoms with E-state index in [4.69, 9.17) is 5.73 Å². The minimum absolute atomic E-state index is 0.0693. The SMILES string of the molecule is CC[C@@H](C(N)=O)N1CC(CCC(F)(F)F)CC1=O. The Labute approximate surface area is 103 Å². The lowest BCUT2D eigenvalue weighted by atomic mass is 10.0. The molecule has 104 valence electrons. The molecule has 18 heavy (non-hydrogen) atoms. The maximum atomic E-state index is 12.1. The number of halogens is 3. The number of alkyl halides is 3. The summed E-state index contributed by atoms with van der Waals surface area (Å²) in [7, 11) is 0. The highest BCUT2D eigenvalue weighted by atomic mass is 19.4. The molecular weight excluding hydrogens is 249 g/mol. The van der Waals surface area contributed by atoms with Gasteiger partial charge in [-0.2, -0.15) is 13.2 Å². The average molecular weight is 266 g/mol. The largest absolute Gasteiger partial charge is 0.389 e. The first-order valence-electron chi connectivity index (χ1n) is 5.90. The molecule has 1 aliphatic heterocycles. The molecule has 0 aromatic heterocycles. The normalized spacial score (nSPS) is 22.3. The van der Waals surface area contributed by atoms with Crippen LogP contribution in [-0.2, 0) is 9.59 Å². The molecule has 0 radical (unpaired) electrons. The third-order valence-corrected chi connectivity index (χ3v) is 3.17. The topological polar surface area (TPSA) is 63.4 Å². The lowest BCUT2D eigenvalue weighted by molar-refractivity contribution is -0.137. The lowest BCUT2D eigenvalue weighted by Crippen LogP contribution is -2.45. The van der Waals surface area contributed by atoms with Crippen molar-refractivity contribution in [1.82, 2.24) is 4.90 Å². The zero-order chi connectivity index (χ0) is 13.9. The molecule has 0 aromatic rings. The molecule has 1 unspecified atom stereocenters. The summed E-state index contributed by atoms with van der Waals surface area (Å²) in [5.41, 5.74) is 5.17. The van der Waals surface area contributed by atoms with Crippen molar-refractivity contribution in [3.05, 3.63) is 0 Å². The van der Waals surface area contributed by atoms with Gasteiger partial charge in [-0.3, -0.25) is 9.59 Å². The molecule has 2 amide bonds. The highest BCUT2D eigenvalue weighted by Crippen LogP contribution is 2.30. The molecule has 1 saturated heterocycles. The van der Waals surface area contributed by atoms with E-state index in [9.17, 15) is 22.8 Å². The van der Waals surface area contributed by atoms with Crippen molar-refractivity contribution >= 4 is 11.8 Å². The van der Waals surface area contributed by atoms with Crippen LogP contribution in [0.5, 0.6) is 0 Å². The number of amides is 2. The van der Waals surface area contributed by atoms with Gasteiger partial charge in [0.25, 0.3) is 0 Å². The maximum absolute atomic E-state index is 12.1. The number of nitrogens with zero attached hydrogens (tertiary/aromatic N) is 1. The minimum Gasteiger partial charge on any atom is -0.368 e. The Bertz CT molecular complexity index is 331. The fourth-order valence-corrected chi connectivity index (χ4v) is 2.25. The van der Waals surface area contributed by atoms with Crippen LogP contribution in [-0.4, -0.2) is 35.5 Å². The summed E-state index contributed by atoms with van der Waals surface area (Å²) < 4.78 is 36.3. The zero-order valence-corrected chi connectivity index (χ0v) is 10.2. The van der Waals surface area contributed by atoms with Gasteiger partial charge in [0.05, 0.1) is 0 Å². The number of nitrogens with two attached hydrogens (primary N) is 1. The Morgan fingerprint density at radius 3 is 2.61 bits per heavy atom. The van der Waals surface area contributed by atoms with Crippen molar-refractivity contribution in [2.75, 3.05) is 6.54 Å². The van der Waals surface area contributed by atoms with Gasteiger partial charge in [0.2, 0.25) is 11.8 Å². The average Bonchev–Trinajstić information content (AvgIpc) is 2.57. The number of likely N-dealkylation sites (tertiary alicyclic amines) is 1. The van der Waals surface area contributed by atoms with Crippen LogP contribution in [0.1, 0.15) is 32.6 Å². The van der Waals surface area contributed by atoms with Crippen molar-refractivity contribution in [1.29, 1.82) is 0 Å². The van der Waals surface area contributed by atoms with Gasteiger partial charge in [0.15, 0.2) is 0 Å². The molecule has 1 rings (SSSR count). The van der Waals surface area contributed by atoms with Crippen molar-refractivity contribution in [3.8, 4) is 0 Å². The van der Waals surface area contributed by atoms with Gasteiger partial charge >= 0.3 is 6.18 Å². The predicted octanol–water partition coefficient (Wildman–Crippen LogP) is 1.44. The Balaban J connectivity index is 2.56. The van der Waals surface area contributed by atoms with E-state index in [0.717, 1.165) is 0 Å². The highest BCUT2D eigenvalue weighted by molar-refractivity contribution is 5.87. The molecule has 2 N–H and O–H groups in total. The third-order valence-electron chi connectivity index (χ3n) is 3.17. The molecule has 7 heteroatoms. The van der Waals surface area contributed by atoms with Crippen molar-refractivity contribution < 1.29 is 22.8 Å². The first-order valence-corrected chi connectivity index (χ1v) is 5.90. The lowest BCUT2D eigenvalue weighted by Gasteiger charge is -2.24. The number of carbonyl (C=O) groups is 2. The Morgan fingerprint density at radius 1 is 1.56 bits per heavy atom. The number of primary amides is 1. The monoisotopic (exact) mass is 266 g/mol. The maximum Gasteiger partial charge on any atom is 0.389 e. The molecule has 2 atom stereocenters. The summed E-state index contributed by atoms with van der Waals surface area (Å²) in [6.45, 7) is 1.90. The minimum atomic E-state index is -4.20.